The summed E-state index contributed by atoms with van der Waals surface area (Å²) in [7, 11) is 1.96. The van der Waals surface area contributed by atoms with Gasteiger partial charge in [-0.05, 0) is 0 Å². The summed E-state index contributed by atoms with van der Waals surface area (Å²) in [6.07, 6.45) is 9.33. The second-order valence-corrected chi connectivity index (χ2v) is 37.7. The molecule has 146 valence electrons. The molecule has 0 saturated carbocycles. The SMILES string of the molecule is Cn1cnc2n[c]([Sn]([CH3])([CH3])[CH3])ncc21.[CH3][Sn]([CH3])([CH3])[c]1cnc2cnccc2c1. The first kappa shape index (κ1) is 21.4. The fourth-order valence-corrected chi connectivity index (χ4v) is 8.17. The molecule has 4 aromatic heterocycles. The summed E-state index contributed by atoms with van der Waals surface area (Å²) < 4.78 is 4.46. The Balaban J connectivity index is 0.000000161. The molecule has 0 unspecified atom stereocenters. The Morgan fingerprint density at radius 2 is 1.61 bits per heavy atom. The van der Waals surface area contributed by atoms with Gasteiger partial charge in [0.05, 0.1) is 0 Å². The molecule has 0 radical (unpaired) electrons. The topological polar surface area (TPSA) is 69.4 Å². The van der Waals surface area contributed by atoms with Gasteiger partial charge in [-0.25, -0.2) is 0 Å². The van der Waals surface area contributed by atoms with Crippen LogP contribution in [0.3, 0.4) is 0 Å². The van der Waals surface area contributed by atoms with E-state index in [0.29, 0.717) is 0 Å². The van der Waals surface area contributed by atoms with E-state index in [1.807, 2.05) is 42.5 Å². The van der Waals surface area contributed by atoms with E-state index in [9.17, 15) is 0 Å². The monoisotopic (exact) mass is 592 g/mol. The number of nitrogens with zero attached hydrogens (tertiary/aromatic N) is 6. The van der Waals surface area contributed by atoms with E-state index in [0.717, 1.165) is 20.5 Å². The van der Waals surface area contributed by atoms with Gasteiger partial charge in [0, 0.05) is 0 Å². The average molecular weight is 590 g/mol. The predicted octanol–water partition coefficient (Wildman–Crippen LogP) is 3.08. The Morgan fingerprint density at radius 1 is 0.857 bits per heavy atom. The molecule has 0 bridgehead atoms. The molecule has 0 spiro atoms. The Bertz CT molecular complexity index is 1110. The molecule has 8 heteroatoms. The van der Waals surface area contributed by atoms with Crippen LogP contribution in [0.15, 0.2) is 43.2 Å². The van der Waals surface area contributed by atoms with Crippen LogP contribution in [0, 0.1) is 0 Å². The molecule has 28 heavy (non-hydrogen) atoms. The van der Waals surface area contributed by atoms with E-state index >= 15 is 0 Å². The number of aryl methyl sites for hydroxylation is 1. The van der Waals surface area contributed by atoms with Gasteiger partial charge in [0.15, 0.2) is 0 Å². The van der Waals surface area contributed by atoms with Crippen LogP contribution in [0.4, 0.5) is 0 Å². The van der Waals surface area contributed by atoms with Crippen molar-refractivity contribution in [1.29, 1.82) is 0 Å². The first-order valence-corrected chi connectivity index (χ1v) is 29.4. The van der Waals surface area contributed by atoms with Crippen molar-refractivity contribution in [1.82, 2.24) is 29.5 Å². The molecule has 0 fully saturated rings. The summed E-state index contributed by atoms with van der Waals surface area (Å²) in [6.45, 7) is 0. The van der Waals surface area contributed by atoms with E-state index in [2.05, 4.69) is 60.6 Å². The zero-order valence-corrected chi connectivity index (χ0v) is 23.4. The molecule has 4 rings (SSSR count). The van der Waals surface area contributed by atoms with Crippen LogP contribution < -0.4 is 7.42 Å². The third-order valence-electron chi connectivity index (χ3n) is 4.51. The molecule has 0 N–H and O–H groups in total. The summed E-state index contributed by atoms with van der Waals surface area (Å²) in [5.74, 6) is 0. The maximum atomic E-state index is 4.52. The van der Waals surface area contributed by atoms with Crippen LogP contribution in [0.5, 0.6) is 0 Å². The second-order valence-electron chi connectivity index (χ2n) is 9.05. The van der Waals surface area contributed by atoms with Crippen molar-refractivity contribution >= 4 is 66.2 Å². The fourth-order valence-electron chi connectivity index (χ4n) is 2.66. The number of hydrogen-bond acceptors (Lipinski definition) is 5. The van der Waals surface area contributed by atoms with E-state index in [-0.39, 0.29) is 0 Å². The molecular weight excluding hydrogens is 562 g/mol. The first-order valence-electron chi connectivity index (χ1n) is 9.40. The summed E-state index contributed by atoms with van der Waals surface area (Å²) in [5.41, 5.74) is 2.82. The molecule has 4 heterocycles. The molecule has 6 nitrogen and oxygen atoms in total. The first-order chi connectivity index (χ1) is 13.1. The molecule has 0 amide bonds. The standard InChI is InChI=1S/C8H5N2.C6H5N4.6CH3.2Sn/c1-2-7-3-5-9-6-8(7)10-4-1;1-10-4-9-6-5(10)2-7-3-8-6;;;;;;;;/h2-6H;2,4H,1H3;6*1H3;;. The molecule has 0 saturated heterocycles. The van der Waals surface area contributed by atoms with Gasteiger partial charge in [0.25, 0.3) is 0 Å². The Hall–Kier alpha value is -1.29. The number of imidazole rings is 1. The molecule has 0 aliphatic rings. The zero-order valence-electron chi connectivity index (χ0n) is 17.7. The van der Waals surface area contributed by atoms with Crippen LogP contribution in [0.1, 0.15) is 0 Å². The van der Waals surface area contributed by atoms with Crippen molar-refractivity contribution in [3.8, 4) is 0 Å². The van der Waals surface area contributed by atoms with E-state index < -0.39 is 36.8 Å². The van der Waals surface area contributed by atoms with Gasteiger partial charge in [-0.1, -0.05) is 0 Å². The molecule has 0 atom stereocenters. The van der Waals surface area contributed by atoms with Crippen molar-refractivity contribution in [3.63, 3.8) is 0 Å². The molecule has 0 aliphatic carbocycles. The van der Waals surface area contributed by atoms with Gasteiger partial charge >= 0.3 is 176 Å². The minimum absolute atomic E-state index is 0.823. The van der Waals surface area contributed by atoms with Gasteiger partial charge in [-0.3, -0.25) is 0 Å². The minimum atomic E-state index is -2.12. The summed E-state index contributed by atoms with van der Waals surface area (Å²) in [6, 6.07) is 4.31. The average Bonchev–Trinajstić information content (AvgIpc) is 3.01. The summed E-state index contributed by atoms with van der Waals surface area (Å²) in [5, 5.41) is 1.21. The van der Waals surface area contributed by atoms with Crippen molar-refractivity contribution in [2.45, 2.75) is 29.6 Å². The quantitative estimate of drug-likeness (QED) is 0.336. The molecular formula is C20H28N6Sn2. The molecule has 0 aromatic carbocycles. The summed E-state index contributed by atoms with van der Waals surface area (Å²) in [4.78, 5) is 35.8. The Kier molecular flexibility index (Phi) is 6.28. The van der Waals surface area contributed by atoms with Crippen LogP contribution in [0.2, 0.25) is 29.6 Å². The number of aromatic nitrogens is 6. The van der Waals surface area contributed by atoms with Crippen molar-refractivity contribution in [3.05, 3.63) is 43.2 Å². The van der Waals surface area contributed by atoms with E-state index in [1.54, 1.807) is 6.33 Å². The zero-order chi connectivity index (χ0) is 20.5. The maximum absolute atomic E-state index is 4.52. The number of rotatable bonds is 2. The Labute approximate surface area is 174 Å². The van der Waals surface area contributed by atoms with Gasteiger partial charge in [-0.15, -0.1) is 0 Å². The van der Waals surface area contributed by atoms with Crippen LogP contribution >= 0.6 is 0 Å². The van der Waals surface area contributed by atoms with Crippen molar-refractivity contribution < 1.29 is 0 Å². The van der Waals surface area contributed by atoms with Crippen LogP contribution in [-0.2, 0) is 7.05 Å². The van der Waals surface area contributed by atoms with Gasteiger partial charge in [0.2, 0.25) is 0 Å². The summed E-state index contributed by atoms with van der Waals surface area (Å²) >= 11 is -4.07. The number of hydrogen-bond donors (Lipinski definition) is 0. The van der Waals surface area contributed by atoms with Gasteiger partial charge in [0.1, 0.15) is 0 Å². The normalized spacial score (nSPS) is 12.1. The van der Waals surface area contributed by atoms with Crippen molar-refractivity contribution in [2.75, 3.05) is 0 Å². The number of pyridine rings is 2. The third kappa shape index (κ3) is 5.00. The third-order valence-corrected chi connectivity index (χ3v) is 14.7. The van der Waals surface area contributed by atoms with Crippen molar-refractivity contribution in [2.24, 2.45) is 7.05 Å². The van der Waals surface area contributed by atoms with Gasteiger partial charge < -0.3 is 0 Å². The molecule has 0 aliphatic heterocycles. The fraction of sp³-hybridized carbons (Fsp3) is 0.350. The number of fused-ring (bicyclic) bond motifs is 2. The second kappa shape index (κ2) is 8.21. The van der Waals surface area contributed by atoms with E-state index in [4.69, 9.17) is 0 Å². The Morgan fingerprint density at radius 3 is 2.29 bits per heavy atom. The van der Waals surface area contributed by atoms with Crippen LogP contribution in [-0.4, -0.2) is 66.2 Å². The van der Waals surface area contributed by atoms with Gasteiger partial charge in [-0.2, -0.15) is 0 Å². The predicted molar refractivity (Wildman–Crippen MR) is 122 cm³/mol. The van der Waals surface area contributed by atoms with E-state index in [1.165, 1.54) is 8.97 Å². The molecule has 4 aromatic rings. The van der Waals surface area contributed by atoms with Crippen LogP contribution in [0.25, 0.3) is 22.1 Å².